The summed E-state index contributed by atoms with van der Waals surface area (Å²) in [4.78, 5) is 14.6. The zero-order valence-electron chi connectivity index (χ0n) is 12.9. The molecule has 116 valence electrons. The van der Waals surface area contributed by atoms with Crippen molar-refractivity contribution in [2.24, 2.45) is 5.92 Å². The Balaban J connectivity index is 2.01. The van der Waals surface area contributed by atoms with Gasteiger partial charge in [0.15, 0.2) is 0 Å². The first-order chi connectivity index (χ1) is 10.1. The Hall–Kier alpha value is -1.06. The zero-order valence-corrected chi connectivity index (χ0v) is 13.7. The van der Waals surface area contributed by atoms with Crippen molar-refractivity contribution in [2.45, 2.75) is 45.7 Å². The summed E-state index contributed by atoms with van der Waals surface area (Å²) >= 11 is 6.02. The fourth-order valence-electron chi connectivity index (χ4n) is 2.98. The van der Waals surface area contributed by atoms with Gasteiger partial charge >= 0.3 is 0 Å². The third-order valence-corrected chi connectivity index (χ3v) is 4.58. The van der Waals surface area contributed by atoms with Crippen LogP contribution in [0.5, 0.6) is 0 Å². The summed E-state index contributed by atoms with van der Waals surface area (Å²) < 4.78 is 0. The van der Waals surface area contributed by atoms with Gasteiger partial charge in [0.1, 0.15) is 0 Å². The van der Waals surface area contributed by atoms with Gasteiger partial charge in [0.05, 0.1) is 6.04 Å². The molecule has 4 heteroatoms. The molecule has 1 aliphatic heterocycles. The summed E-state index contributed by atoms with van der Waals surface area (Å²) in [6, 6.07) is 7.72. The molecule has 0 bridgehead atoms. The Kier molecular flexibility index (Phi) is 6.07. The summed E-state index contributed by atoms with van der Waals surface area (Å²) in [6.45, 7) is 6.54. The van der Waals surface area contributed by atoms with E-state index < -0.39 is 0 Å². The van der Waals surface area contributed by atoms with Crippen LogP contribution in [0.15, 0.2) is 24.3 Å². The normalized spacial score (nSPS) is 22.0. The predicted molar refractivity (Wildman–Crippen MR) is 87.3 cm³/mol. The molecule has 3 nitrogen and oxygen atoms in total. The van der Waals surface area contributed by atoms with Crippen molar-refractivity contribution >= 4 is 17.5 Å². The van der Waals surface area contributed by atoms with Crippen molar-refractivity contribution < 1.29 is 4.79 Å². The Morgan fingerprint density at radius 2 is 2.24 bits per heavy atom. The van der Waals surface area contributed by atoms with E-state index in [1.54, 1.807) is 0 Å². The van der Waals surface area contributed by atoms with E-state index >= 15 is 0 Å². The highest BCUT2D eigenvalue weighted by Gasteiger charge is 2.28. The van der Waals surface area contributed by atoms with Crippen molar-refractivity contribution in [3.05, 3.63) is 34.9 Å². The van der Waals surface area contributed by atoms with Gasteiger partial charge in [-0.2, -0.15) is 0 Å². The molecular formula is C17H25ClN2O. The number of piperidine rings is 1. The number of likely N-dealkylation sites (N-methyl/N-ethyl adjacent to an activating group) is 1. The molecule has 0 radical (unpaired) electrons. The van der Waals surface area contributed by atoms with Gasteiger partial charge < -0.3 is 10.2 Å². The minimum atomic E-state index is -0.0252. The number of carbonyl (C=O) groups excluding carboxylic acids is 1. The molecule has 0 spiro atoms. The molecule has 21 heavy (non-hydrogen) atoms. The smallest absolute Gasteiger partial charge is 0.240 e. The fraction of sp³-hybridized carbons (Fsp3) is 0.588. The van der Waals surface area contributed by atoms with Gasteiger partial charge in [-0.05, 0) is 49.9 Å². The second kappa shape index (κ2) is 7.81. The standard InChI is InChI=1S/C17H25ClN2O/c1-3-13-8-9-19-16(11-13)17(21)20(4-2)12-14-6-5-7-15(18)10-14/h5-7,10,13,16,19H,3-4,8-9,11-12H2,1-2H3. The number of nitrogens with zero attached hydrogens (tertiary/aromatic N) is 1. The molecule has 1 aliphatic rings. The van der Waals surface area contributed by atoms with E-state index in [4.69, 9.17) is 11.6 Å². The molecule has 0 aromatic heterocycles. The topological polar surface area (TPSA) is 32.3 Å². The van der Waals surface area contributed by atoms with E-state index in [9.17, 15) is 4.79 Å². The lowest BCUT2D eigenvalue weighted by Gasteiger charge is -2.33. The number of rotatable bonds is 5. The molecule has 2 unspecified atom stereocenters. The maximum Gasteiger partial charge on any atom is 0.240 e. The second-order valence-electron chi connectivity index (χ2n) is 5.79. The van der Waals surface area contributed by atoms with Crippen LogP contribution in [0.3, 0.4) is 0 Å². The lowest BCUT2D eigenvalue weighted by Crippen LogP contribution is -2.50. The maximum atomic E-state index is 12.7. The fourth-order valence-corrected chi connectivity index (χ4v) is 3.19. The number of nitrogens with one attached hydrogen (secondary N) is 1. The first-order valence-electron chi connectivity index (χ1n) is 7.90. The summed E-state index contributed by atoms with van der Waals surface area (Å²) in [7, 11) is 0. The third-order valence-electron chi connectivity index (χ3n) is 4.34. The first kappa shape index (κ1) is 16.3. The van der Waals surface area contributed by atoms with Crippen molar-refractivity contribution in [3.63, 3.8) is 0 Å². The van der Waals surface area contributed by atoms with Crippen LogP contribution in [0.1, 0.15) is 38.7 Å². The molecule has 0 saturated carbocycles. The molecule has 1 aromatic rings. The number of hydrogen-bond acceptors (Lipinski definition) is 2. The van der Waals surface area contributed by atoms with Gasteiger partial charge in [-0.1, -0.05) is 37.1 Å². The Bertz CT molecular complexity index is 478. The Labute approximate surface area is 132 Å². The average molecular weight is 309 g/mol. The monoisotopic (exact) mass is 308 g/mol. The van der Waals surface area contributed by atoms with E-state index in [1.165, 1.54) is 6.42 Å². The second-order valence-corrected chi connectivity index (χ2v) is 6.22. The zero-order chi connectivity index (χ0) is 15.2. The van der Waals surface area contributed by atoms with E-state index in [-0.39, 0.29) is 11.9 Å². The summed E-state index contributed by atoms with van der Waals surface area (Å²) in [5.41, 5.74) is 1.08. The lowest BCUT2D eigenvalue weighted by atomic mass is 9.90. The van der Waals surface area contributed by atoms with Crippen LogP contribution < -0.4 is 5.32 Å². The highest BCUT2D eigenvalue weighted by Crippen LogP contribution is 2.21. The van der Waals surface area contributed by atoms with Crippen LogP contribution in [0, 0.1) is 5.92 Å². The molecule has 0 aliphatic carbocycles. The van der Waals surface area contributed by atoms with Crippen LogP contribution in [-0.2, 0) is 11.3 Å². The van der Waals surface area contributed by atoms with E-state index in [2.05, 4.69) is 12.2 Å². The van der Waals surface area contributed by atoms with Crippen molar-refractivity contribution in [1.82, 2.24) is 10.2 Å². The summed E-state index contributed by atoms with van der Waals surface area (Å²) in [5.74, 6) is 0.890. The Morgan fingerprint density at radius 3 is 2.90 bits per heavy atom. The van der Waals surface area contributed by atoms with E-state index in [0.717, 1.165) is 36.5 Å². The molecule has 1 amide bonds. The van der Waals surface area contributed by atoms with Crippen LogP contribution in [0.25, 0.3) is 0 Å². The quantitative estimate of drug-likeness (QED) is 0.903. The van der Waals surface area contributed by atoms with Gasteiger partial charge in [-0.3, -0.25) is 4.79 Å². The van der Waals surface area contributed by atoms with Crippen molar-refractivity contribution in [3.8, 4) is 0 Å². The predicted octanol–water partition coefficient (Wildman–Crippen LogP) is 3.47. The molecule has 2 atom stereocenters. The Morgan fingerprint density at radius 1 is 1.43 bits per heavy atom. The molecule has 1 saturated heterocycles. The molecule has 1 heterocycles. The van der Waals surface area contributed by atoms with Crippen LogP contribution in [0.4, 0.5) is 0 Å². The third kappa shape index (κ3) is 4.45. The minimum absolute atomic E-state index is 0.0252. The highest BCUT2D eigenvalue weighted by atomic mass is 35.5. The van der Waals surface area contributed by atoms with Gasteiger partial charge in [-0.15, -0.1) is 0 Å². The molecular weight excluding hydrogens is 284 g/mol. The number of amides is 1. The average Bonchev–Trinajstić information content (AvgIpc) is 2.52. The number of benzene rings is 1. The lowest BCUT2D eigenvalue weighted by molar-refractivity contribution is -0.134. The molecule has 1 aromatic carbocycles. The minimum Gasteiger partial charge on any atom is -0.337 e. The number of halogens is 1. The molecule has 2 rings (SSSR count). The van der Waals surface area contributed by atoms with Gasteiger partial charge in [0.2, 0.25) is 5.91 Å². The number of hydrogen-bond donors (Lipinski definition) is 1. The first-order valence-corrected chi connectivity index (χ1v) is 8.28. The van der Waals surface area contributed by atoms with Crippen LogP contribution in [0.2, 0.25) is 5.02 Å². The van der Waals surface area contributed by atoms with E-state index in [1.807, 2.05) is 36.1 Å². The summed E-state index contributed by atoms with van der Waals surface area (Å²) in [6.07, 6.45) is 3.30. The maximum absolute atomic E-state index is 12.7. The number of carbonyl (C=O) groups is 1. The largest absolute Gasteiger partial charge is 0.337 e. The van der Waals surface area contributed by atoms with Crippen molar-refractivity contribution in [1.29, 1.82) is 0 Å². The highest BCUT2D eigenvalue weighted by molar-refractivity contribution is 6.30. The van der Waals surface area contributed by atoms with E-state index in [0.29, 0.717) is 12.5 Å². The van der Waals surface area contributed by atoms with Crippen LogP contribution >= 0.6 is 11.6 Å². The SMILES string of the molecule is CCC1CCNC(C(=O)N(CC)Cc2cccc(Cl)c2)C1. The van der Waals surface area contributed by atoms with Crippen molar-refractivity contribution in [2.75, 3.05) is 13.1 Å². The summed E-state index contributed by atoms with van der Waals surface area (Å²) in [5, 5.41) is 4.10. The van der Waals surface area contributed by atoms with Gasteiger partial charge in [0, 0.05) is 18.1 Å². The molecule has 1 fully saturated rings. The molecule has 1 N–H and O–H groups in total. The van der Waals surface area contributed by atoms with Gasteiger partial charge in [-0.25, -0.2) is 0 Å². The van der Waals surface area contributed by atoms with Gasteiger partial charge in [0.25, 0.3) is 0 Å². The van der Waals surface area contributed by atoms with Crippen LogP contribution in [-0.4, -0.2) is 29.9 Å².